The topological polar surface area (TPSA) is 6.48 Å². The van der Waals surface area contributed by atoms with Crippen LogP contribution in [0.5, 0.6) is 0 Å². The molecule has 34 heavy (non-hydrogen) atoms. The molecule has 8 heteroatoms. The summed E-state index contributed by atoms with van der Waals surface area (Å²) >= 11 is 0.913. The average molecular weight is 648 g/mol. The summed E-state index contributed by atoms with van der Waals surface area (Å²) in [5.74, 6) is 0. The third-order valence-electron chi connectivity index (χ3n) is 5.27. The first kappa shape index (κ1) is 25.2. The van der Waals surface area contributed by atoms with Crippen LogP contribution in [0.15, 0.2) is 121 Å². The van der Waals surface area contributed by atoms with Crippen LogP contribution in [-0.2, 0) is 0 Å². The van der Waals surface area contributed by atoms with Gasteiger partial charge < -0.3 is 0 Å². The van der Waals surface area contributed by atoms with Crippen LogP contribution in [0.1, 0.15) is 0 Å². The molecule has 0 aromatic heterocycles. The normalized spacial score (nSPS) is 24.3. The van der Waals surface area contributed by atoms with E-state index in [9.17, 15) is 0 Å². The Balaban J connectivity index is 1.64. The van der Waals surface area contributed by atoms with Crippen LogP contribution in [-0.4, -0.2) is 51.1 Å². The van der Waals surface area contributed by atoms with Crippen molar-refractivity contribution in [1.82, 2.24) is 8.88 Å². The fourth-order valence-electron chi connectivity index (χ4n) is 3.58. The zero-order valence-corrected chi connectivity index (χ0v) is 26.1. The Morgan fingerprint density at radius 2 is 0.588 bits per heavy atom. The van der Waals surface area contributed by atoms with Crippen molar-refractivity contribution in [2.75, 3.05) is 14.1 Å². The van der Waals surface area contributed by atoms with Gasteiger partial charge in [0.25, 0.3) is 0 Å². The molecular weight excluding hydrogens is 622 g/mol. The van der Waals surface area contributed by atoms with Crippen molar-refractivity contribution in [3.05, 3.63) is 121 Å². The van der Waals surface area contributed by atoms with E-state index in [2.05, 4.69) is 144 Å². The molecule has 0 bridgehead atoms. The van der Waals surface area contributed by atoms with E-state index >= 15 is 0 Å². The molecule has 0 radical (unpaired) electrons. The fourth-order valence-corrected chi connectivity index (χ4v) is 53.0. The molecule has 0 saturated carbocycles. The molecule has 4 aromatic rings. The predicted molar refractivity (Wildman–Crippen MR) is 159 cm³/mol. The molecule has 0 spiro atoms. The first-order chi connectivity index (χ1) is 16.7. The summed E-state index contributed by atoms with van der Waals surface area (Å²) in [5, 5.41) is 6.12. The van der Waals surface area contributed by atoms with Crippen LogP contribution in [0.25, 0.3) is 0 Å². The summed E-state index contributed by atoms with van der Waals surface area (Å²) in [4.78, 5) is 0. The third kappa shape index (κ3) is 5.76. The Morgan fingerprint density at radius 3 is 0.794 bits per heavy atom. The van der Waals surface area contributed by atoms with Gasteiger partial charge in [-0.2, -0.15) is 0 Å². The van der Waals surface area contributed by atoms with Gasteiger partial charge in [-0.15, -0.1) is 0 Å². The SMILES string of the molecule is CN1[P@@](c2ccccc2)[Se][P@](c2ccccc2)N(C)[P@](c2ccccc2)[Se][P@]1c1ccccc1. The molecule has 4 aromatic carbocycles. The molecule has 1 fully saturated rings. The first-order valence-electron chi connectivity index (χ1n) is 11.0. The predicted octanol–water partition coefficient (Wildman–Crippen LogP) is 5.82. The fraction of sp³-hybridized carbons (Fsp3) is 0.0769. The monoisotopic (exact) mass is 650 g/mol. The molecule has 0 amide bonds. The summed E-state index contributed by atoms with van der Waals surface area (Å²) in [7, 11) is 4.87. The van der Waals surface area contributed by atoms with Crippen LogP contribution >= 0.6 is 27.0 Å². The van der Waals surface area contributed by atoms with Crippen LogP contribution in [0.2, 0.25) is 0 Å². The van der Waals surface area contributed by atoms with Crippen molar-refractivity contribution in [2.45, 2.75) is 0 Å². The van der Waals surface area contributed by atoms with E-state index in [-0.39, 0.29) is 27.0 Å². The molecule has 1 saturated heterocycles. The summed E-state index contributed by atoms with van der Waals surface area (Å²) in [6, 6.07) is 45.4. The molecule has 172 valence electrons. The Labute approximate surface area is 219 Å². The van der Waals surface area contributed by atoms with Gasteiger partial charge in [0.05, 0.1) is 0 Å². The Bertz CT molecular complexity index is 987. The number of nitrogens with zero attached hydrogens (tertiary/aromatic N) is 2. The van der Waals surface area contributed by atoms with Crippen LogP contribution in [0, 0.1) is 0 Å². The molecule has 5 rings (SSSR count). The van der Waals surface area contributed by atoms with E-state index < -0.39 is 0 Å². The summed E-state index contributed by atoms with van der Waals surface area (Å²) < 4.78 is 5.69. The van der Waals surface area contributed by atoms with Gasteiger partial charge >= 0.3 is 221 Å². The van der Waals surface area contributed by atoms with E-state index in [1.54, 1.807) is 0 Å². The van der Waals surface area contributed by atoms with Crippen molar-refractivity contribution < 1.29 is 0 Å². The van der Waals surface area contributed by atoms with Crippen molar-refractivity contribution in [1.29, 1.82) is 0 Å². The molecular formula is C26H26N2P4Se2. The molecule has 0 aliphatic carbocycles. The molecule has 0 N–H and O–H groups in total. The second-order valence-electron chi connectivity index (χ2n) is 7.58. The number of rotatable bonds is 4. The maximum absolute atomic E-state index is 2.85. The molecule has 4 atom stereocenters. The zero-order valence-electron chi connectivity index (χ0n) is 19.0. The van der Waals surface area contributed by atoms with Gasteiger partial charge in [-0.25, -0.2) is 0 Å². The van der Waals surface area contributed by atoms with E-state index in [1.807, 2.05) is 0 Å². The van der Waals surface area contributed by atoms with Crippen molar-refractivity contribution in [3.8, 4) is 0 Å². The van der Waals surface area contributed by atoms with Gasteiger partial charge in [-0.05, 0) is 0 Å². The first-order valence-corrected chi connectivity index (χ1v) is 25.0. The summed E-state index contributed by atoms with van der Waals surface area (Å²) in [5.41, 5.74) is 0. The number of hydrogen-bond acceptors (Lipinski definition) is 2. The number of benzene rings is 4. The van der Waals surface area contributed by atoms with E-state index in [1.165, 1.54) is 21.2 Å². The van der Waals surface area contributed by atoms with Crippen LogP contribution in [0.3, 0.4) is 0 Å². The average Bonchev–Trinajstić information content (AvgIpc) is 2.90. The zero-order chi connectivity index (χ0) is 23.3. The minimum atomic E-state index is -0.374. The van der Waals surface area contributed by atoms with Crippen molar-refractivity contribution >= 4 is 76.4 Å². The van der Waals surface area contributed by atoms with Crippen molar-refractivity contribution in [3.63, 3.8) is 0 Å². The summed E-state index contributed by atoms with van der Waals surface area (Å²) in [6.45, 7) is -1.50. The van der Waals surface area contributed by atoms with Crippen LogP contribution in [0.4, 0.5) is 0 Å². The van der Waals surface area contributed by atoms with E-state index in [0.717, 1.165) is 0 Å². The van der Waals surface area contributed by atoms with Gasteiger partial charge in [0.15, 0.2) is 0 Å². The van der Waals surface area contributed by atoms with E-state index in [0.29, 0.717) is 28.1 Å². The minimum absolute atomic E-state index is 0.374. The maximum atomic E-state index is 2.85. The van der Waals surface area contributed by atoms with Gasteiger partial charge in [0, 0.05) is 0 Å². The Kier molecular flexibility index (Phi) is 9.05. The molecule has 1 heterocycles. The van der Waals surface area contributed by atoms with Crippen LogP contribution < -0.4 is 21.2 Å². The quantitative estimate of drug-likeness (QED) is 0.204. The van der Waals surface area contributed by atoms with Gasteiger partial charge in [-0.1, -0.05) is 0 Å². The molecule has 2 nitrogen and oxygen atoms in total. The third-order valence-corrected chi connectivity index (χ3v) is 41.4. The second kappa shape index (κ2) is 12.2. The number of hydrogen-bond donors (Lipinski definition) is 0. The van der Waals surface area contributed by atoms with Gasteiger partial charge in [0.1, 0.15) is 0 Å². The molecule has 0 unspecified atom stereocenters. The second-order valence-corrected chi connectivity index (χ2v) is 31.0. The van der Waals surface area contributed by atoms with Gasteiger partial charge in [0.2, 0.25) is 0 Å². The van der Waals surface area contributed by atoms with Crippen molar-refractivity contribution in [2.24, 2.45) is 0 Å². The van der Waals surface area contributed by atoms with E-state index in [4.69, 9.17) is 0 Å². The Morgan fingerprint density at radius 1 is 0.382 bits per heavy atom. The summed E-state index contributed by atoms with van der Waals surface area (Å²) in [6.07, 6.45) is 0. The Hall–Kier alpha value is -0.441. The molecule has 1 aliphatic rings. The standard InChI is InChI=1S/C26H26N2P4Se2/c1-27-29(23-15-7-3-8-16-23)33-31(25-19-11-5-12-20-25)28(2)32(26-21-13-6-14-22-26)34-30(27)24-17-9-4-10-18-24/h3-22H,1-2H3/t29-,30-,31-,32+/m1/s1. The molecule has 1 aliphatic heterocycles. The van der Waals surface area contributed by atoms with Gasteiger partial charge in [-0.3, -0.25) is 0 Å².